The summed E-state index contributed by atoms with van der Waals surface area (Å²) in [6.07, 6.45) is 1.11. The molecule has 1 amide bonds. The van der Waals surface area contributed by atoms with Crippen molar-refractivity contribution in [3.05, 3.63) is 95.5 Å². The van der Waals surface area contributed by atoms with Crippen LogP contribution in [0.15, 0.2) is 84.9 Å². The lowest BCUT2D eigenvalue weighted by atomic mass is 10.1. The number of carbonyl (C=O) groups is 2. The van der Waals surface area contributed by atoms with Crippen LogP contribution >= 0.6 is 11.6 Å². The highest BCUT2D eigenvalue weighted by Crippen LogP contribution is 2.24. The summed E-state index contributed by atoms with van der Waals surface area (Å²) in [6.45, 7) is 3.53. The minimum Gasteiger partial charge on any atom is -0.478 e. The summed E-state index contributed by atoms with van der Waals surface area (Å²) in [5.74, 6) is -1.64. The Bertz CT molecular complexity index is 1150. The molecule has 3 aromatic rings. The first kappa shape index (κ1) is 22.4. The molecule has 0 spiro atoms. The zero-order valence-electron chi connectivity index (χ0n) is 17.9. The van der Waals surface area contributed by atoms with Gasteiger partial charge in [0.25, 0.3) is 0 Å². The van der Waals surface area contributed by atoms with E-state index < -0.39 is 11.9 Å². The predicted molar refractivity (Wildman–Crippen MR) is 133 cm³/mol. The number of piperazine rings is 1. The van der Waals surface area contributed by atoms with E-state index in [-0.39, 0.29) is 5.57 Å². The van der Waals surface area contributed by atoms with Crippen LogP contribution in [-0.4, -0.2) is 43.2 Å². The highest BCUT2D eigenvalue weighted by atomic mass is 35.5. The topological polar surface area (TPSA) is 72.9 Å². The maximum absolute atomic E-state index is 12.4. The van der Waals surface area contributed by atoms with Crippen LogP contribution in [0.2, 0.25) is 5.02 Å². The summed E-state index contributed by atoms with van der Waals surface area (Å²) < 4.78 is 0. The van der Waals surface area contributed by atoms with Gasteiger partial charge in [0.2, 0.25) is 5.91 Å². The van der Waals surface area contributed by atoms with Crippen LogP contribution < -0.4 is 15.1 Å². The summed E-state index contributed by atoms with van der Waals surface area (Å²) in [7, 11) is 0. The van der Waals surface area contributed by atoms with Crippen LogP contribution in [0.5, 0.6) is 0 Å². The summed E-state index contributed by atoms with van der Waals surface area (Å²) in [4.78, 5) is 28.6. The highest BCUT2D eigenvalue weighted by Gasteiger charge is 2.18. The molecule has 0 radical (unpaired) electrons. The maximum atomic E-state index is 12.4. The van der Waals surface area contributed by atoms with Gasteiger partial charge in [-0.05, 0) is 48.0 Å². The van der Waals surface area contributed by atoms with Gasteiger partial charge in [-0.1, -0.05) is 48.0 Å². The van der Waals surface area contributed by atoms with Crippen molar-refractivity contribution in [1.29, 1.82) is 0 Å². The SMILES string of the molecule is O=C(/C=C(\C(=O)O)c1ccccc1)Nc1ccc(N2CCN(c3cccc(Cl)c3)CC2)cc1. The van der Waals surface area contributed by atoms with Crippen molar-refractivity contribution in [2.75, 3.05) is 41.3 Å². The van der Waals surface area contributed by atoms with Gasteiger partial charge in [0, 0.05) is 54.3 Å². The molecule has 1 aliphatic heterocycles. The molecular formula is C26H24ClN3O3. The summed E-state index contributed by atoms with van der Waals surface area (Å²) in [6, 6.07) is 24.1. The average molecular weight is 462 g/mol. The first-order chi connectivity index (χ1) is 16.0. The van der Waals surface area contributed by atoms with E-state index in [1.54, 1.807) is 30.3 Å². The number of nitrogens with zero attached hydrogens (tertiary/aromatic N) is 2. The Kier molecular flexibility index (Phi) is 6.95. The van der Waals surface area contributed by atoms with Gasteiger partial charge in [0.15, 0.2) is 0 Å². The number of carbonyl (C=O) groups excluding carboxylic acids is 1. The van der Waals surface area contributed by atoms with Crippen LogP contribution in [0.4, 0.5) is 17.1 Å². The fraction of sp³-hybridized carbons (Fsp3) is 0.154. The monoisotopic (exact) mass is 461 g/mol. The minimum atomic E-state index is -1.15. The van der Waals surface area contributed by atoms with Gasteiger partial charge in [-0.2, -0.15) is 0 Å². The molecule has 4 rings (SSSR count). The molecule has 0 aromatic heterocycles. The third-order valence-electron chi connectivity index (χ3n) is 5.54. The third kappa shape index (κ3) is 5.73. The fourth-order valence-corrected chi connectivity index (χ4v) is 4.03. The quantitative estimate of drug-likeness (QED) is 0.517. The van der Waals surface area contributed by atoms with E-state index in [9.17, 15) is 14.7 Å². The van der Waals surface area contributed by atoms with Gasteiger partial charge < -0.3 is 20.2 Å². The molecule has 0 atom stereocenters. The van der Waals surface area contributed by atoms with Crippen molar-refractivity contribution in [3.8, 4) is 0 Å². The van der Waals surface area contributed by atoms with Crippen LogP contribution in [0.3, 0.4) is 0 Å². The van der Waals surface area contributed by atoms with E-state index in [2.05, 4.69) is 21.2 Å². The van der Waals surface area contributed by atoms with Gasteiger partial charge in [-0.25, -0.2) is 4.79 Å². The molecule has 1 fully saturated rings. The molecule has 0 aliphatic carbocycles. The fourth-order valence-electron chi connectivity index (χ4n) is 3.85. The second-order valence-corrected chi connectivity index (χ2v) is 8.16. The number of anilines is 3. The van der Waals surface area contributed by atoms with Crippen molar-refractivity contribution in [1.82, 2.24) is 0 Å². The number of hydrogen-bond donors (Lipinski definition) is 2. The predicted octanol–water partition coefficient (Wildman–Crippen LogP) is 4.77. The Labute approximate surface area is 197 Å². The van der Waals surface area contributed by atoms with Gasteiger partial charge in [0.1, 0.15) is 0 Å². The molecule has 0 saturated carbocycles. The molecule has 0 unspecified atom stereocenters. The number of nitrogens with one attached hydrogen (secondary N) is 1. The number of aliphatic carboxylic acids is 1. The molecule has 6 nitrogen and oxygen atoms in total. The molecular weight excluding hydrogens is 438 g/mol. The van der Waals surface area contributed by atoms with Crippen molar-refractivity contribution in [2.24, 2.45) is 0 Å². The first-order valence-corrected chi connectivity index (χ1v) is 11.0. The normalized spacial score (nSPS) is 14.2. The lowest BCUT2D eigenvalue weighted by Gasteiger charge is -2.37. The van der Waals surface area contributed by atoms with E-state index in [1.165, 1.54) is 0 Å². The standard InChI is InChI=1S/C26H24ClN3O3/c27-20-7-4-8-23(17-20)30-15-13-29(14-16-30)22-11-9-21(10-12-22)28-25(31)18-24(26(32)33)19-5-2-1-3-6-19/h1-12,17-18H,13-16H2,(H,28,31)(H,32,33)/b24-18-. The molecule has 1 heterocycles. The van der Waals surface area contributed by atoms with Gasteiger partial charge in [0.05, 0.1) is 5.57 Å². The van der Waals surface area contributed by atoms with E-state index in [0.717, 1.165) is 48.7 Å². The van der Waals surface area contributed by atoms with Crippen LogP contribution in [0.25, 0.3) is 5.57 Å². The van der Waals surface area contributed by atoms with Crippen LogP contribution in [-0.2, 0) is 9.59 Å². The van der Waals surface area contributed by atoms with E-state index in [0.29, 0.717) is 11.3 Å². The van der Waals surface area contributed by atoms with Crippen molar-refractivity contribution in [2.45, 2.75) is 0 Å². The summed E-state index contributed by atoms with van der Waals surface area (Å²) in [5.41, 5.74) is 3.24. The molecule has 1 saturated heterocycles. The number of halogens is 1. The molecule has 3 aromatic carbocycles. The largest absolute Gasteiger partial charge is 0.478 e. The zero-order chi connectivity index (χ0) is 23.2. The van der Waals surface area contributed by atoms with Crippen LogP contribution in [0.1, 0.15) is 5.56 Å². The second kappa shape index (κ2) is 10.2. The van der Waals surface area contributed by atoms with E-state index in [4.69, 9.17) is 11.6 Å². The lowest BCUT2D eigenvalue weighted by Crippen LogP contribution is -2.46. The maximum Gasteiger partial charge on any atom is 0.336 e. The number of carboxylic acid groups (broad SMARTS) is 1. The summed E-state index contributed by atoms with van der Waals surface area (Å²) >= 11 is 6.11. The van der Waals surface area contributed by atoms with E-state index >= 15 is 0 Å². The smallest absolute Gasteiger partial charge is 0.336 e. The Hall–Kier alpha value is -3.77. The molecule has 7 heteroatoms. The number of amides is 1. The number of rotatable bonds is 6. The average Bonchev–Trinajstić information content (AvgIpc) is 2.83. The number of hydrogen-bond acceptors (Lipinski definition) is 4. The van der Waals surface area contributed by atoms with Crippen molar-refractivity contribution in [3.63, 3.8) is 0 Å². The highest BCUT2D eigenvalue weighted by molar-refractivity contribution is 6.30. The molecule has 2 N–H and O–H groups in total. The zero-order valence-corrected chi connectivity index (χ0v) is 18.7. The van der Waals surface area contributed by atoms with Gasteiger partial charge >= 0.3 is 5.97 Å². The van der Waals surface area contributed by atoms with Crippen LogP contribution in [0, 0.1) is 0 Å². The number of benzene rings is 3. The minimum absolute atomic E-state index is 0.0534. The molecule has 33 heavy (non-hydrogen) atoms. The Morgan fingerprint density at radius 3 is 2.06 bits per heavy atom. The van der Waals surface area contributed by atoms with Gasteiger partial charge in [-0.3, -0.25) is 4.79 Å². The Morgan fingerprint density at radius 1 is 0.818 bits per heavy atom. The first-order valence-electron chi connectivity index (χ1n) is 10.7. The third-order valence-corrected chi connectivity index (χ3v) is 5.78. The van der Waals surface area contributed by atoms with E-state index in [1.807, 2.05) is 42.5 Å². The molecule has 1 aliphatic rings. The molecule has 168 valence electrons. The van der Waals surface area contributed by atoms with Crippen molar-refractivity contribution < 1.29 is 14.7 Å². The van der Waals surface area contributed by atoms with Gasteiger partial charge in [-0.15, -0.1) is 0 Å². The number of carboxylic acids is 1. The van der Waals surface area contributed by atoms with Crippen molar-refractivity contribution >= 4 is 46.1 Å². The summed E-state index contributed by atoms with van der Waals surface area (Å²) in [5, 5.41) is 12.9. The molecule has 0 bridgehead atoms. The lowest BCUT2D eigenvalue weighted by molar-refractivity contribution is -0.130. The Balaban J connectivity index is 1.36. The Morgan fingerprint density at radius 2 is 1.45 bits per heavy atom. The second-order valence-electron chi connectivity index (χ2n) is 7.72.